The lowest BCUT2D eigenvalue weighted by Crippen LogP contribution is -2.42. The predicted molar refractivity (Wildman–Crippen MR) is 79.7 cm³/mol. The van der Waals surface area contributed by atoms with Gasteiger partial charge in [-0.05, 0) is 50.7 Å². The van der Waals surface area contributed by atoms with Gasteiger partial charge in [0.15, 0.2) is 0 Å². The van der Waals surface area contributed by atoms with Gasteiger partial charge in [0.25, 0.3) is 0 Å². The second kappa shape index (κ2) is 7.28. The van der Waals surface area contributed by atoms with Gasteiger partial charge in [0.2, 0.25) is 0 Å². The van der Waals surface area contributed by atoms with Gasteiger partial charge in [-0.3, -0.25) is 4.90 Å². The second-order valence-corrected chi connectivity index (χ2v) is 5.18. The number of nitrogens with one attached hydrogen (secondary N) is 1. The van der Waals surface area contributed by atoms with Crippen LogP contribution in [0.4, 0.5) is 0 Å². The van der Waals surface area contributed by atoms with E-state index in [1.165, 1.54) is 12.8 Å². The fourth-order valence-corrected chi connectivity index (χ4v) is 2.86. The molecule has 1 aromatic rings. The van der Waals surface area contributed by atoms with Crippen LogP contribution in [0.15, 0.2) is 18.2 Å². The van der Waals surface area contributed by atoms with Crippen LogP contribution in [0.5, 0.6) is 5.75 Å². The van der Waals surface area contributed by atoms with Crippen molar-refractivity contribution < 1.29 is 4.74 Å². The normalized spacial score (nSPS) is 16.1. The molecule has 1 aliphatic heterocycles. The average molecular weight is 273 g/mol. The van der Waals surface area contributed by atoms with Gasteiger partial charge >= 0.3 is 0 Å². The van der Waals surface area contributed by atoms with E-state index >= 15 is 0 Å². The van der Waals surface area contributed by atoms with E-state index in [-0.39, 0.29) is 0 Å². The molecule has 0 atom stereocenters. The zero-order valence-electron chi connectivity index (χ0n) is 12.4. The molecule has 1 fully saturated rings. The lowest BCUT2D eigenvalue weighted by Gasteiger charge is -2.34. The van der Waals surface area contributed by atoms with E-state index in [1.54, 1.807) is 7.11 Å². The molecule has 4 nitrogen and oxygen atoms in total. The molecule has 0 amide bonds. The third-order valence-corrected chi connectivity index (χ3v) is 4.01. The van der Waals surface area contributed by atoms with Gasteiger partial charge in [-0.25, -0.2) is 0 Å². The topological polar surface area (TPSA) is 48.3 Å². The summed E-state index contributed by atoms with van der Waals surface area (Å²) in [5, 5.41) is 12.5. The van der Waals surface area contributed by atoms with Crippen molar-refractivity contribution in [3.63, 3.8) is 0 Å². The highest BCUT2D eigenvalue weighted by molar-refractivity contribution is 5.42. The molecule has 0 spiro atoms. The fraction of sp³-hybridized carbons (Fsp3) is 0.562. The number of rotatable bonds is 5. The van der Waals surface area contributed by atoms with E-state index in [1.807, 2.05) is 18.2 Å². The molecule has 1 heterocycles. The zero-order chi connectivity index (χ0) is 14.4. The largest absolute Gasteiger partial charge is 0.496 e. The molecule has 0 aliphatic carbocycles. The molecular formula is C16H23N3O. The van der Waals surface area contributed by atoms with Crippen LogP contribution in [0.25, 0.3) is 0 Å². The number of benzene rings is 1. The van der Waals surface area contributed by atoms with E-state index in [0.717, 1.165) is 37.5 Å². The van der Waals surface area contributed by atoms with Gasteiger partial charge in [0.05, 0.1) is 18.7 Å². The molecule has 1 aliphatic rings. The van der Waals surface area contributed by atoms with E-state index in [4.69, 9.17) is 10.00 Å². The fourth-order valence-electron chi connectivity index (χ4n) is 2.86. The predicted octanol–water partition coefficient (Wildman–Crippen LogP) is 2.14. The molecule has 0 bridgehead atoms. The van der Waals surface area contributed by atoms with Gasteiger partial charge in [-0.15, -0.1) is 0 Å². The highest BCUT2D eigenvalue weighted by atomic mass is 16.5. The Morgan fingerprint density at radius 2 is 2.15 bits per heavy atom. The van der Waals surface area contributed by atoms with E-state index < -0.39 is 0 Å². The van der Waals surface area contributed by atoms with Crippen molar-refractivity contribution in [3.8, 4) is 11.8 Å². The minimum Gasteiger partial charge on any atom is -0.496 e. The summed E-state index contributed by atoms with van der Waals surface area (Å²) in [5.74, 6) is 0.872. The minimum absolute atomic E-state index is 0.622. The van der Waals surface area contributed by atoms with E-state index in [2.05, 4.69) is 23.2 Å². The van der Waals surface area contributed by atoms with Crippen molar-refractivity contribution in [1.29, 1.82) is 5.26 Å². The molecule has 0 unspecified atom stereocenters. The molecule has 2 rings (SSSR count). The molecule has 1 N–H and O–H groups in total. The average Bonchev–Trinajstić information content (AvgIpc) is 2.53. The molecule has 108 valence electrons. The summed E-state index contributed by atoms with van der Waals surface area (Å²) >= 11 is 0. The summed E-state index contributed by atoms with van der Waals surface area (Å²) in [6, 6.07) is 8.48. The Kier molecular flexibility index (Phi) is 5.40. The summed E-state index contributed by atoms with van der Waals surface area (Å²) in [5.41, 5.74) is 1.80. The lowest BCUT2D eigenvalue weighted by atomic mass is 10.0. The summed E-state index contributed by atoms with van der Waals surface area (Å²) < 4.78 is 5.43. The maximum Gasteiger partial charge on any atom is 0.123 e. The number of nitriles is 1. The summed E-state index contributed by atoms with van der Waals surface area (Å²) in [6.07, 6.45) is 2.38. The van der Waals surface area contributed by atoms with Crippen molar-refractivity contribution in [3.05, 3.63) is 29.3 Å². The standard InChI is InChI=1S/C16H23N3O/c1-3-19(15-6-8-18-9-7-15)12-14-10-13(11-17)4-5-16(14)20-2/h4-5,10,15,18H,3,6-9,12H2,1-2H3. The Hall–Kier alpha value is -1.57. The van der Waals surface area contributed by atoms with Gasteiger partial charge in [0.1, 0.15) is 5.75 Å². The molecule has 0 aromatic heterocycles. The quantitative estimate of drug-likeness (QED) is 0.893. The van der Waals surface area contributed by atoms with Crippen molar-refractivity contribution in [2.75, 3.05) is 26.7 Å². The number of hydrogen-bond donors (Lipinski definition) is 1. The SMILES string of the molecule is CCN(Cc1cc(C#N)ccc1OC)C1CCNCC1. The van der Waals surface area contributed by atoms with Crippen LogP contribution >= 0.6 is 0 Å². The highest BCUT2D eigenvalue weighted by Gasteiger charge is 2.20. The Bertz CT molecular complexity index is 475. The van der Waals surface area contributed by atoms with Crippen LogP contribution in [-0.4, -0.2) is 37.7 Å². The monoisotopic (exact) mass is 273 g/mol. The molecule has 0 saturated carbocycles. The Morgan fingerprint density at radius 3 is 2.75 bits per heavy atom. The summed E-state index contributed by atoms with van der Waals surface area (Å²) in [6.45, 7) is 6.25. The van der Waals surface area contributed by atoms with Gasteiger partial charge in [-0.2, -0.15) is 5.26 Å². The second-order valence-electron chi connectivity index (χ2n) is 5.18. The molecule has 20 heavy (non-hydrogen) atoms. The molecular weight excluding hydrogens is 250 g/mol. The third-order valence-electron chi connectivity index (χ3n) is 4.01. The van der Waals surface area contributed by atoms with Crippen molar-refractivity contribution in [2.45, 2.75) is 32.4 Å². The first-order chi connectivity index (χ1) is 9.78. The smallest absolute Gasteiger partial charge is 0.123 e. The minimum atomic E-state index is 0.622. The number of hydrogen-bond acceptors (Lipinski definition) is 4. The van der Waals surface area contributed by atoms with Gasteiger partial charge in [-0.1, -0.05) is 6.92 Å². The molecule has 0 radical (unpaired) electrons. The number of ether oxygens (including phenoxy) is 1. The number of nitrogens with zero attached hydrogens (tertiary/aromatic N) is 2. The van der Waals surface area contributed by atoms with Gasteiger partial charge < -0.3 is 10.1 Å². The molecule has 1 aromatic carbocycles. The Balaban J connectivity index is 2.15. The van der Waals surface area contributed by atoms with Crippen LogP contribution in [0, 0.1) is 11.3 Å². The van der Waals surface area contributed by atoms with E-state index in [0.29, 0.717) is 11.6 Å². The van der Waals surface area contributed by atoms with Crippen LogP contribution in [0.1, 0.15) is 30.9 Å². The van der Waals surface area contributed by atoms with Crippen molar-refractivity contribution in [1.82, 2.24) is 10.2 Å². The maximum atomic E-state index is 9.05. The number of methoxy groups -OCH3 is 1. The zero-order valence-corrected chi connectivity index (χ0v) is 12.4. The van der Waals surface area contributed by atoms with Crippen LogP contribution in [0.2, 0.25) is 0 Å². The lowest BCUT2D eigenvalue weighted by molar-refractivity contribution is 0.160. The first kappa shape index (κ1) is 14.8. The van der Waals surface area contributed by atoms with Crippen molar-refractivity contribution in [2.24, 2.45) is 0 Å². The Morgan fingerprint density at radius 1 is 1.40 bits per heavy atom. The number of piperidine rings is 1. The first-order valence-corrected chi connectivity index (χ1v) is 7.30. The van der Waals surface area contributed by atoms with Crippen LogP contribution in [-0.2, 0) is 6.54 Å². The van der Waals surface area contributed by atoms with E-state index in [9.17, 15) is 0 Å². The summed E-state index contributed by atoms with van der Waals surface area (Å²) in [4.78, 5) is 2.49. The molecule has 4 heteroatoms. The maximum absolute atomic E-state index is 9.05. The third kappa shape index (κ3) is 3.50. The van der Waals surface area contributed by atoms with Crippen molar-refractivity contribution >= 4 is 0 Å². The molecule has 1 saturated heterocycles. The Labute approximate surface area is 121 Å². The first-order valence-electron chi connectivity index (χ1n) is 7.30. The highest BCUT2D eigenvalue weighted by Crippen LogP contribution is 2.23. The van der Waals surface area contributed by atoms with Crippen LogP contribution in [0.3, 0.4) is 0 Å². The van der Waals surface area contributed by atoms with Gasteiger partial charge in [0, 0.05) is 18.2 Å². The summed E-state index contributed by atoms with van der Waals surface area (Å²) in [7, 11) is 1.69. The van der Waals surface area contributed by atoms with Crippen LogP contribution < -0.4 is 10.1 Å².